The minimum absolute atomic E-state index is 0.105. The molecule has 4 rings (SSSR count). The minimum atomic E-state index is -5.19. The van der Waals surface area contributed by atoms with E-state index in [-0.39, 0.29) is 5.95 Å². The molecule has 2 fully saturated rings. The topological polar surface area (TPSA) is 195 Å². The molecular formula is C16H26N6O8P2. The predicted octanol–water partition coefficient (Wildman–Crippen LogP) is 1.55. The highest BCUT2D eigenvalue weighted by atomic mass is 31.3. The second-order valence-corrected chi connectivity index (χ2v) is 11.5. The summed E-state index contributed by atoms with van der Waals surface area (Å²) in [6.45, 7) is 3.47. The Balaban J connectivity index is 1.56. The highest BCUT2D eigenvalue weighted by Gasteiger charge is 2.45. The molecule has 1 saturated heterocycles. The largest absolute Gasteiger partial charge is 0.481 e. The molecule has 1 aliphatic carbocycles. The van der Waals surface area contributed by atoms with Crippen LogP contribution < -0.4 is 10.6 Å². The van der Waals surface area contributed by atoms with Gasteiger partial charge in [0.15, 0.2) is 17.0 Å². The van der Waals surface area contributed by atoms with Crippen molar-refractivity contribution in [1.29, 1.82) is 0 Å². The van der Waals surface area contributed by atoms with E-state index in [4.69, 9.17) is 24.8 Å². The van der Waals surface area contributed by atoms with Crippen LogP contribution >= 0.6 is 15.6 Å². The van der Waals surface area contributed by atoms with Crippen molar-refractivity contribution in [3.63, 3.8) is 0 Å². The highest BCUT2D eigenvalue weighted by molar-refractivity contribution is 7.60. The molecule has 1 aliphatic heterocycles. The van der Waals surface area contributed by atoms with Gasteiger partial charge in [-0.3, -0.25) is 9.09 Å². The molecule has 0 spiro atoms. The normalized spacial score (nSPS) is 25.2. The first kappa shape index (κ1) is 23.5. The molecule has 2 aromatic rings. The molecule has 0 bridgehead atoms. The molecule has 16 heteroatoms. The van der Waals surface area contributed by atoms with Crippen LogP contribution in [0.2, 0.25) is 0 Å². The fourth-order valence-electron chi connectivity index (χ4n) is 3.95. The molecular weight excluding hydrogens is 466 g/mol. The van der Waals surface area contributed by atoms with Gasteiger partial charge in [0.05, 0.1) is 19.0 Å². The first-order valence-corrected chi connectivity index (χ1v) is 12.9. The smallest absolute Gasteiger partial charge is 0.368 e. The van der Waals surface area contributed by atoms with E-state index in [1.165, 1.54) is 0 Å². The van der Waals surface area contributed by atoms with Crippen LogP contribution in [-0.2, 0) is 22.7 Å². The van der Waals surface area contributed by atoms with E-state index in [1.807, 2.05) is 25.8 Å². The standard InChI is InChI=1S/C16H26N6O8P2/c1-16(2)6-10(7-28-32(26,27)30-31(23,24)25)29-14(16)22-8-18-11-12(21(3)9-4-5-9)19-15(17)20-13(11)22/h8-10,14H,4-7H2,1-3H3,(H,26,27)(H2,17,19,20)(H2,23,24,25)/t10-,14+/m0/s1. The van der Waals surface area contributed by atoms with Crippen LogP contribution in [0.3, 0.4) is 0 Å². The van der Waals surface area contributed by atoms with E-state index in [9.17, 15) is 14.0 Å². The highest BCUT2D eigenvalue weighted by Crippen LogP contribution is 2.58. The summed E-state index contributed by atoms with van der Waals surface area (Å²) in [5, 5.41) is 0. The number of imidazole rings is 1. The third kappa shape index (κ3) is 4.97. The van der Waals surface area contributed by atoms with Gasteiger partial charge in [-0.15, -0.1) is 0 Å². The molecule has 32 heavy (non-hydrogen) atoms. The molecule has 0 amide bonds. The molecule has 0 radical (unpaired) electrons. The van der Waals surface area contributed by atoms with E-state index in [2.05, 4.69) is 19.3 Å². The Morgan fingerprint density at radius 1 is 1.31 bits per heavy atom. The van der Waals surface area contributed by atoms with Crippen LogP contribution in [-0.4, -0.2) is 60.0 Å². The van der Waals surface area contributed by atoms with E-state index in [0.29, 0.717) is 29.4 Å². The van der Waals surface area contributed by atoms with Crippen LogP contribution in [0.25, 0.3) is 11.2 Å². The van der Waals surface area contributed by atoms with Gasteiger partial charge >= 0.3 is 15.6 Å². The van der Waals surface area contributed by atoms with Gasteiger partial charge in [-0.25, -0.2) is 14.1 Å². The van der Waals surface area contributed by atoms with Crippen molar-refractivity contribution in [3.8, 4) is 0 Å². The summed E-state index contributed by atoms with van der Waals surface area (Å²) in [5.74, 6) is 0.744. The monoisotopic (exact) mass is 492 g/mol. The summed E-state index contributed by atoms with van der Waals surface area (Å²) >= 11 is 0. The molecule has 0 aromatic carbocycles. The summed E-state index contributed by atoms with van der Waals surface area (Å²) in [4.78, 5) is 42.2. The molecule has 5 N–H and O–H groups in total. The van der Waals surface area contributed by atoms with Gasteiger partial charge in [-0.05, 0) is 19.3 Å². The number of hydrogen-bond acceptors (Lipinski definition) is 10. The second kappa shape index (κ2) is 8.00. The molecule has 2 aromatic heterocycles. The molecule has 3 heterocycles. The van der Waals surface area contributed by atoms with Crippen LogP contribution in [0.1, 0.15) is 39.3 Å². The van der Waals surface area contributed by atoms with Crippen LogP contribution in [0.4, 0.5) is 11.8 Å². The number of rotatable bonds is 8. The van der Waals surface area contributed by atoms with Crippen molar-refractivity contribution < 1.29 is 37.4 Å². The van der Waals surface area contributed by atoms with Crippen LogP contribution in [0, 0.1) is 5.41 Å². The summed E-state index contributed by atoms with van der Waals surface area (Å²) in [7, 11) is -8.22. The Bertz CT molecular complexity index is 1120. The van der Waals surface area contributed by atoms with Gasteiger partial charge < -0.3 is 30.1 Å². The van der Waals surface area contributed by atoms with Crippen LogP contribution in [0.15, 0.2) is 6.33 Å². The molecule has 1 saturated carbocycles. The maximum absolute atomic E-state index is 11.7. The lowest BCUT2D eigenvalue weighted by Gasteiger charge is -2.26. The lowest BCUT2D eigenvalue weighted by molar-refractivity contribution is -0.0441. The Hall–Kier alpha value is -1.63. The average molecular weight is 492 g/mol. The first-order valence-electron chi connectivity index (χ1n) is 9.88. The molecule has 14 nitrogen and oxygen atoms in total. The zero-order valence-corrected chi connectivity index (χ0v) is 19.5. The van der Waals surface area contributed by atoms with E-state index in [1.54, 1.807) is 10.9 Å². The summed E-state index contributed by atoms with van der Waals surface area (Å²) in [5.41, 5.74) is 6.58. The number of phosphoric ester groups is 1. The number of nitrogens with zero attached hydrogens (tertiary/aromatic N) is 5. The number of anilines is 2. The second-order valence-electron chi connectivity index (χ2n) is 8.71. The van der Waals surface area contributed by atoms with E-state index < -0.39 is 40.0 Å². The average Bonchev–Trinajstić information content (AvgIpc) is 3.34. The number of hydrogen-bond donors (Lipinski definition) is 4. The zero-order chi connectivity index (χ0) is 23.5. The number of nitrogen functional groups attached to an aromatic ring is 1. The fourth-order valence-corrected chi connectivity index (χ4v) is 5.57. The van der Waals surface area contributed by atoms with Crippen molar-refractivity contribution in [3.05, 3.63) is 6.33 Å². The van der Waals surface area contributed by atoms with Crippen molar-refractivity contribution in [2.75, 3.05) is 24.3 Å². The summed E-state index contributed by atoms with van der Waals surface area (Å²) < 4.78 is 38.9. The van der Waals surface area contributed by atoms with Crippen molar-refractivity contribution in [2.24, 2.45) is 5.41 Å². The molecule has 3 atom stereocenters. The number of phosphoric acid groups is 2. The zero-order valence-electron chi connectivity index (χ0n) is 17.7. The predicted molar refractivity (Wildman–Crippen MR) is 112 cm³/mol. The number of nitrogens with two attached hydrogens (primary N) is 1. The summed E-state index contributed by atoms with van der Waals surface area (Å²) in [6, 6.07) is 0.392. The van der Waals surface area contributed by atoms with E-state index in [0.717, 1.165) is 12.8 Å². The Morgan fingerprint density at radius 2 is 2.00 bits per heavy atom. The number of fused-ring (bicyclic) bond motifs is 1. The van der Waals surface area contributed by atoms with Gasteiger partial charge in [-0.2, -0.15) is 14.3 Å². The first-order chi connectivity index (χ1) is 14.8. The Kier molecular flexibility index (Phi) is 5.88. The number of aromatic nitrogens is 4. The van der Waals surface area contributed by atoms with Crippen LogP contribution in [0.5, 0.6) is 0 Å². The molecule has 2 aliphatic rings. The van der Waals surface area contributed by atoms with Crippen molar-refractivity contribution in [2.45, 2.75) is 51.5 Å². The van der Waals surface area contributed by atoms with Gasteiger partial charge in [0.1, 0.15) is 6.23 Å². The summed E-state index contributed by atoms with van der Waals surface area (Å²) in [6.07, 6.45) is 2.94. The third-order valence-electron chi connectivity index (χ3n) is 5.48. The van der Waals surface area contributed by atoms with Gasteiger partial charge in [0.2, 0.25) is 5.95 Å². The Labute approximate surface area is 183 Å². The maximum atomic E-state index is 11.7. The quantitative estimate of drug-likeness (QED) is 0.388. The van der Waals surface area contributed by atoms with Gasteiger partial charge in [-0.1, -0.05) is 13.8 Å². The maximum Gasteiger partial charge on any atom is 0.481 e. The van der Waals surface area contributed by atoms with Crippen molar-refractivity contribution >= 4 is 38.6 Å². The minimum Gasteiger partial charge on any atom is -0.368 e. The lowest BCUT2D eigenvalue weighted by atomic mass is 9.87. The van der Waals surface area contributed by atoms with Gasteiger partial charge in [0.25, 0.3) is 0 Å². The lowest BCUT2D eigenvalue weighted by Crippen LogP contribution is -2.23. The van der Waals surface area contributed by atoms with Crippen molar-refractivity contribution in [1.82, 2.24) is 19.5 Å². The van der Waals surface area contributed by atoms with E-state index >= 15 is 0 Å². The van der Waals surface area contributed by atoms with Gasteiger partial charge in [0, 0.05) is 18.5 Å². The fraction of sp³-hybridized carbons (Fsp3) is 0.688. The SMILES string of the molecule is CN(c1nc(N)nc2c1ncn2[C@@H]1O[C@H](COP(=O)(O)OP(=O)(O)O)CC1(C)C)C1CC1. The third-order valence-corrected chi connectivity index (χ3v) is 7.63. The number of ether oxygens (including phenoxy) is 1. The Morgan fingerprint density at radius 3 is 2.62 bits per heavy atom. The molecule has 178 valence electrons. The molecule has 1 unspecified atom stereocenters.